The first-order valence-electron chi connectivity index (χ1n) is 8.83. The summed E-state index contributed by atoms with van der Waals surface area (Å²) in [6.45, 7) is 1.20. The molecule has 1 aromatic carbocycles. The second-order valence-electron chi connectivity index (χ2n) is 6.76. The average molecular weight is 421 g/mol. The first-order valence-corrected chi connectivity index (χ1v) is 9.64. The summed E-state index contributed by atoms with van der Waals surface area (Å²) in [5.41, 5.74) is 0.856. The number of aromatic nitrogens is 2. The summed E-state index contributed by atoms with van der Waals surface area (Å²) in [5, 5.41) is 46.2. The summed E-state index contributed by atoms with van der Waals surface area (Å²) in [4.78, 5) is 16.8. The predicted octanol–water partition coefficient (Wildman–Crippen LogP) is 0.360. The fourth-order valence-corrected chi connectivity index (χ4v) is 4.15. The van der Waals surface area contributed by atoms with E-state index in [-0.39, 0.29) is 5.91 Å². The van der Waals surface area contributed by atoms with Gasteiger partial charge in [-0.05, 0) is 25.1 Å². The lowest BCUT2D eigenvalue weighted by atomic mass is 9.95. The number of benzene rings is 1. The van der Waals surface area contributed by atoms with Gasteiger partial charge in [0, 0.05) is 11.6 Å². The third kappa shape index (κ3) is 3.75. The molecule has 10 nitrogen and oxygen atoms in total. The van der Waals surface area contributed by atoms with E-state index < -0.39 is 37.1 Å². The van der Waals surface area contributed by atoms with Crippen LogP contribution in [0.2, 0.25) is 0 Å². The van der Waals surface area contributed by atoms with Gasteiger partial charge in [0.25, 0.3) is 5.91 Å². The zero-order valence-corrected chi connectivity index (χ0v) is 16.0. The number of nitrogens with zero attached hydrogens (tertiary/aromatic N) is 2. The number of amides is 1. The molecule has 3 aromatic rings. The lowest BCUT2D eigenvalue weighted by molar-refractivity contribution is -0.231. The monoisotopic (exact) mass is 421 g/mol. The zero-order chi connectivity index (χ0) is 20.7. The summed E-state index contributed by atoms with van der Waals surface area (Å²) in [7, 11) is 0. The van der Waals surface area contributed by atoms with Gasteiger partial charge in [-0.25, -0.2) is 4.98 Å². The molecule has 0 saturated carbocycles. The molecule has 0 unspecified atom stereocenters. The number of rotatable bonds is 4. The molecule has 5 N–H and O–H groups in total. The topological polar surface area (TPSA) is 158 Å². The van der Waals surface area contributed by atoms with Crippen LogP contribution in [0.5, 0.6) is 0 Å². The summed E-state index contributed by atoms with van der Waals surface area (Å²) < 4.78 is 11.2. The van der Waals surface area contributed by atoms with Crippen molar-refractivity contribution in [3.63, 3.8) is 0 Å². The lowest BCUT2D eigenvalue weighted by Crippen LogP contribution is -2.55. The van der Waals surface area contributed by atoms with Crippen LogP contribution < -0.4 is 5.32 Å². The number of ether oxygens (including phenoxy) is 1. The van der Waals surface area contributed by atoms with Crippen LogP contribution >= 0.6 is 11.3 Å². The normalized spacial score (nSPS) is 27.3. The molecular formula is C18H19N3O7S. The van der Waals surface area contributed by atoms with E-state index in [2.05, 4.69) is 15.5 Å². The highest BCUT2D eigenvalue weighted by Crippen LogP contribution is 2.36. The Kier molecular flexibility index (Phi) is 5.34. The molecule has 1 amide bonds. The molecule has 11 heteroatoms. The number of aryl methyl sites for hydroxylation is 1. The van der Waals surface area contributed by atoms with Gasteiger partial charge in [0.2, 0.25) is 0 Å². The van der Waals surface area contributed by atoms with Crippen molar-refractivity contribution >= 4 is 33.3 Å². The van der Waals surface area contributed by atoms with Gasteiger partial charge in [0.15, 0.2) is 5.82 Å². The number of aliphatic hydroxyl groups is 4. The van der Waals surface area contributed by atoms with E-state index >= 15 is 0 Å². The largest absolute Gasteiger partial charge is 0.394 e. The smallest absolute Gasteiger partial charge is 0.256 e. The van der Waals surface area contributed by atoms with E-state index in [1.807, 2.05) is 0 Å². The Bertz CT molecular complexity index is 1030. The molecule has 4 rings (SSSR count). The molecule has 1 aliphatic heterocycles. The summed E-state index contributed by atoms with van der Waals surface area (Å²) in [6.07, 6.45) is -6.36. The Morgan fingerprint density at radius 1 is 1.21 bits per heavy atom. The maximum Gasteiger partial charge on any atom is 0.256 e. The van der Waals surface area contributed by atoms with Gasteiger partial charge in [0.1, 0.15) is 41.3 Å². The zero-order valence-electron chi connectivity index (χ0n) is 15.2. The first kappa shape index (κ1) is 19.9. The summed E-state index contributed by atoms with van der Waals surface area (Å²) in [6, 6.07) is 6.52. The van der Waals surface area contributed by atoms with Crippen molar-refractivity contribution in [3.05, 3.63) is 40.6 Å². The van der Waals surface area contributed by atoms with E-state index in [1.54, 1.807) is 31.2 Å². The van der Waals surface area contributed by atoms with Gasteiger partial charge in [-0.2, -0.15) is 0 Å². The van der Waals surface area contributed by atoms with Crippen LogP contribution in [0, 0.1) is 6.92 Å². The number of hydrogen-bond acceptors (Lipinski definition) is 10. The van der Waals surface area contributed by atoms with Crippen LogP contribution in [0.3, 0.4) is 0 Å². The fourth-order valence-electron chi connectivity index (χ4n) is 3.13. The summed E-state index contributed by atoms with van der Waals surface area (Å²) in [5.74, 6) is 0.481. The number of thiazole rings is 1. The molecule has 2 aromatic heterocycles. The number of aliphatic hydroxyl groups excluding tert-OH is 4. The van der Waals surface area contributed by atoms with E-state index in [0.717, 1.165) is 4.70 Å². The summed E-state index contributed by atoms with van der Waals surface area (Å²) >= 11 is 1.22. The molecule has 0 bridgehead atoms. The van der Waals surface area contributed by atoms with Gasteiger partial charge >= 0.3 is 0 Å². The molecule has 3 heterocycles. The van der Waals surface area contributed by atoms with Crippen LogP contribution in [0.15, 0.2) is 28.8 Å². The molecule has 29 heavy (non-hydrogen) atoms. The number of fused-ring (bicyclic) bond motifs is 1. The predicted molar refractivity (Wildman–Crippen MR) is 102 cm³/mol. The van der Waals surface area contributed by atoms with Crippen LogP contribution in [-0.2, 0) is 4.74 Å². The fraction of sp³-hybridized carbons (Fsp3) is 0.389. The minimum Gasteiger partial charge on any atom is -0.394 e. The number of nitrogens with one attached hydrogen (secondary N) is 1. The molecule has 5 atom stereocenters. The Labute approximate surface area is 168 Å². The number of carbonyl (C=O) groups is 1. The Morgan fingerprint density at radius 2 is 2.00 bits per heavy atom. The molecule has 0 radical (unpaired) electrons. The van der Waals surface area contributed by atoms with Gasteiger partial charge < -0.3 is 35.0 Å². The van der Waals surface area contributed by atoms with Crippen molar-refractivity contribution in [3.8, 4) is 0 Å². The second kappa shape index (κ2) is 7.78. The van der Waals surface area contributed by atoms with Crippen LogP contribution in [-0.4, -0.2) is 67.5 Å². The molecular weight excluding hydrogens is 402 g/mol. The molecule has 1 saturated heterocycles. The third-order valence-electron chi connectivity index (χ3n) is 4.67. The number of anilines is 1. The van der Waals surface area contributed by atoms with Crippen molar-refractivity contribution < 1.29 is 34.5 Å². The number of carbonyl (C=O) groups excluding carboxylic acids is 1. The van der Waals surface area contributed by atoms with Crippen LogP contribution in [0.4, 0.5) is 5.82 Å². The highest BCUT2D eigenvalue weighted by Gasteiger charge is 2.45. The SMILES string of the molecule is Cc1cc(NC(=O)c2ccc3sc([C@@H]4O[C@H](CO)[C@H](O)[C@H](O)[C@H]4O)nc3c2)no1. The standard InChI is InChI=1S/C18H19N3O7S/c1-7-4-12(21-28-7)20-17(26)8-2-3-11-9(5-8)19-18(29-11)16-15(25)14(24)13(23)10(6-22)27-16/h2-5,10,13-16,22-25H,6H2,1H3,(H,20,21,26)/t10-,13+,14+,15-,16-/m1/s1. The number of hydrogen-bond donors (Lipinski definition) is 5. The average Bonchev–Trinajstić information content (AvgIpc) is 3.31. The Hall–Kier alpha value is -2.41. The van der Waals surface area contributed by atoms with E-state index in [9.17, 15) is 25.2 Å². The van der Waals surface area contributed by atoms with E-state index in [4.69, 9.17) is 9.26 Å². The van der Waals surface area contributed by atoms with Crippen molar-refractivity contribution in [2.75, 3.05) is 11.9 Å². The second-order valence-corrected chi connectivity index (χ2v) is 7.82. The Morgan fingerprint density at radius 3 is 2.69 bits per heavy atom. The minimum atomic E-state index is -1.48. The maximum absolute atomic E-state index is 12.4. The third-order valence-corrected chi connectivity index (χ3v) is 5.77. The molecule has 154 valence electrons. The molecule has 1 aliphatic rings. The van der Waals surface area contributed by atoms with Gasteiger partial charge in [-0.1, -0.05) is 5.16 Å². The van der Waals surface area contributed by atoms with Gasteiger partial charge in [0.05, 0.1) is 16.8 Å². The maximum atomic E-state index is 12.4. The van der Waals surface area contributed by atoms with Crippen LogP contribution in [0.25, 0.3) is 10.2 Å². The first-order chi connectivity index (χ1) is 13.9. The van der Waals surface area contributed by atoms with Crippen molar-refractivity contribution in [2.24, 2.45) is 0 Å². The van der Waals surface area contributed by atoms with E-state index in [0.29, 0.717) is 27.7 Å². The molecule has 0 spiro atoms. The molecule has 0 aliphatic carbocycles. The van der Waals surface area contributed by atoms with E-state index in [1.165, 1.54) is 11.3 Å². The minimum absolute atomic E-state index is 0.299. The Balaban J connectivity index is 1.59. The van der Waals surface area contributed by atoms with Crippen molar-refractivity contribution in [2.45, 2.75) is 37.4 Å². The van der Waals surface area contributed by atoms with Crippen LogP contribution in [0.1, 0.15) is 27.2 Å². The quantitative estimate of drug-likeness (QED) is 0.401. The van der Waals surface area contributed by atoms with Crippen molar-refractivity contribution in [1.82, 2.24) is 10.1 Å². The lowest BCUT2D eigenvalue weighted by Gasteiger charge is -2.39. The van der Waals surface area contributed by atoms with Gasteiger partial charge in [-0.15, -0.1) is 11.3 Å². The molecule has 1 fully saturated rings. The highest BCUT2D eigenvalue weighted by atomic mass is 32.1. The van der Waals surface area contributed by atoms with Gasteiger partial charge in [-0.3, -0.25) is 4.79 Å². The highest BCUT2D eigenvalue weighted by molar-refractivity contribution is 7.18. The van der Waals surface area contributed by atoms with Crippen molar-refractivity contribution in [1.29, 1.82) is 0 Å².